The Morgan fingerprint density at radius 2 is 1.69 bits per heavy atom. The minimum atomic E-state index is -3.60. The predicted molar refractivity (Wildman–Crippen MR) is 127 cm³/mol. The first kappa shape index (κ1) is 23.1. The molecule has 7 nitrogen and oxygen atoms in total. The minimum Gasteiger partial charge on any atom is -0.300 e. The third-order valence-corrected chi connectivity index (χ3v) is 8.68. The second-order valence-corrected chi connectivity index (χ2v) is 11.2. The number of amides is 1. The Morgan fingerprint density at radius 3 is 2.34 bits per heavy atom. The van der Waals surface area contributed by atoms with Gasteiger partial charge in [-0.2, -0.15) is 0 Å². The fourth-order valence-corrected chi connectivity index (χ4v) is 6.59. The standard InChI is InChI=1S/C21H20Cl2N4O3S2/c22-17-7-4-8-18(23)16(17)13-32(29,30)27-11-9-14(10-12-27)19(28)24-21-26-25-20(31-21)15-5-2-1-3-6-15/h1-8,14H,9-13H2,(H,24,26,28). The molecule has 11 heteroatoms. The lowest BCUT2D eigenvalue weighted by Gasteiger charge is -2.30. The maximum absolute atomic E-state index is 12.9. The molecule has 0 saturated carbocycles. The number of halogens is 2. The van der Waals surface area contributed by atoms with Crippen molar-refractivity contribution in [2.45, 2.75) is 18.6 Å². The van der Waals surface area contributed by atoms with E-state index in [-0.39, 0.29) is 30.7 Å². The van der Waals surface area contributed by atoms with E-state index in [2.05, 4.69) is 15.5 Å². The molecule has 1 aliphatic rings. The first-order chi connectivity index (χ1) is 15.3. The van der Waals surface area contributed by atoms with Gasteiger partial charge < -0.3 is 5.32 Å². The lowest BCUT2D eigenvalue weighted by Crippen LogP contribution is -2.41. The second-order valence-electron chi connectivity index (χ2n) is 7.40. The van der Waals surface area contributed by atoms with Crippen LogP contribution < -0.4 is 5.32 Å². The summed E-state index contributed by atoms with van der Waals surface area (Å²) < 4.78 is 27.1. The molecule has 4 rings (SSSR count). The van der Waals surface area contributed by atoms with Crippen LogP contribution in [0.2, 0.25) is 10.0 Å². The highest BCUT2D eigenvalue weighted by atomic mass is 35.5. The van der Waals surface area contributed by atoms with Gasteiger partial charge in [-0.1, -0.05) is 70.9 Å². The van der Waals surface area contributed by atoms with Crippen LogP contribution in [-0.4, -0.2) is 41.9 Å². The van der Waals surface area contributed by atoms with Gasteiger partial charge in [-0.15, -0.1) is 10.2 Å². The molecule has 1 saturated heterocycles. The number of benzene rings is 2. The number of anilines is 1. The summed E-state index contributed by atoms with van der Waals surface area (Å²) in [5, 5.41) is 12.8. The Balaban J connectivity index is 1.34. The first-order valence-electron chi connectivity index (χ1n) is 9.94. The molecular formula is C21H20Cl2N4O3S2. The summed E-state index contributed by atoms with van der Waals surface area (Å²) in [5.41, 5.74) is 1.32. The third-order valence-electron chi connectivity index (χ3n) is 5.28. The Kier molecular flexibility index (Phi) is 7.11. The molecule has 2 aromatic carbocycles. The van der Waals surface area contributed by atoms with Crippen LogP contribution in [0.1, 0.15) is 18.4 Å². The van der Waals surface area contributed by atoms with E-state index in [9.17, 15) is 13.2 Å². The zero-order valence-corrected chi connectivity index (χ0v) is 20.0. The highest BCUT2D eigenvalue weighted by molar-refractivity contribution is 7.88. The molecule has 3 aromatic rings. The molecule has 1 N–H and O–H groups in total. The minimum absolute atomic E-state index is 0.174. The first-order valence-corrected chi connectivity index (χ1v) is 13.1. The van der Waals surface area contributed by atoms with Gasteiger partial charge in [-0.25, -0.2) is 12.7 Å². The third kappa shape index (κ3) is 5.29. The number of hydrogen-bond donors (Lipinski definition) is 1. The molecule has 0 bridgehead atoms. The molecule has 1 aromatic heterocycles. The Morgan fingerprint density at radius 1 is 1.03 bits per heavy atom. The molecule has 1 amide bonds. The van der Waals surface area contributed by atoms with Crippen molar-refractivity contribution in [3.8, 4) is 10.6 Å². The number of rotatable bonds is 6. The summed E-state index contributed by atoms with van der Waals surface area (Å²) in [6.45, 7) is 0.516. The van der Waals surface area contributed by atoms with E-state index < -0.39 is 10.0 Å². The molecule has 0 unspecified atom stereocenters. The van der Waals surface area contributed by atoms with E-state index in [0.29, 0.717) is 33.6 Å². The van der Waals surface area contributed by atoms with Crippen LogP contribution in [0, 0.1) is 5.92 Å². The number of piperidine rings is 1. The topological polar surface area (TPSA) is 92.3 Å². The number of aromatic nitrogens is 2. The second kappa shape index (κ2) is 9.84. The molecule has 0 atom stereocenters. The lowest BCUT2D eigenvalue weighted by atomic mass is 9.97. The van der Waals surface area contributed by atoms with Crippen LogP contribution >= 0.6 is 34.5 Å². The van der Waals surface area contributed by atoms with E-state index >= 15 is 0 Å². The van der Waals surface area contributed by atoms with E-state index in [1.54, 1.807) is 18.2 Å². The molecule has 32 heavy (non-hydrogen) atoms. The van der Waals surface area contributed by atoms with Crippen LogP contribution in [0.15, 0.2) is 48.5 Å². The molecule has 0 aliphatic carbocycles. The quantitative estimate of drug-likeness (QED) is 0.518. The van der Waals surface area contributed by atoms with Gasteiger partial charge in [-0.3, -0.25) is 4.79 Å². The summed E-state index contributed by atoms with van der Waals surface area (Å²) in [4.78, 5) is 12.7. The molecule has 168 valence electrons. The fraction of sp³-hybridized carbons (Fsp3) is 0.286. The molecule has 0 spiro atoms. The summed E-state index contributed by atoms with van der Waals surface area (Å²) in [6, 6.07) is 14.5. The van der Waals surface area contributed by atoms with E-state index in [4.69, 9.17) is 23.2 Å². The summed E-state index contributed by atoms with van der Waals surface area (Å²) in [5.74, 6) is -0.739. The lowest BCUT2D eigenvalue weighted by molar-refractivity contribution is -0.120. The SMILES string of the molecule is O=C(Nc1nnc(-c2ccccc2)s1)C1CCN(S(=O)(=O)Cc2c(Cl)cccc2Cl)CC1. The number of sulfonamides is 1. The Labute approximate surface area is 200 Å². The molecule has 1 aliphatic heterocycles. The molecule has 1 fully saturated rings. The van der Waals surface area contributed by atoms with Crippen LogP contribution in [0.3, 0.4) is 0 Å². The average molecular weight is 511 g/mol. The molecule has 2 heterocycles. The van der Waals surface area contributed by atoms with Gasteiger partial charge in [0.1, 0.15) is 5.01 Å². The maximum atomic E-state index is 12.9. The van der Waals surface area contributed by atoms with E-state index in [0.717, 1.165) is 10.6 Å². The number of carbonyl (C=O) groups is 1. The normalized spacial score (nSPS) is 15.6. The summed E-state index contributed by atoms with van der Waals surface area (Å²) in [6.07, 6.45) is 0.845. The number of nitrogens with zero attached hydrogens (tertiary/aromatic N) is 3. The van der Waals surface area contributed by atoms with Gasteiger partial charge >= 0.3 is 0 Å². The Hall–Kier alpha value is -2.04. The molecule has 0 radical (unpaired) electrons. The van der Waals surface area contributed by atoms with Gasteiger partial charge in [0.2, 0.25) is 21.1 Å². The van der Waals surface area contributed by atoms with Crippen molar-refractivity contribution >= 4 is 55.6 Å². The van der Waals surface area contributed by atoms with Crippen LogP contribution in [0.4, 0.5) is 5.13 Å². The zero-order valence-electron chi connectivity index (χ0n) is 16.9. The Bertz CT molecular complexity index is 1190. The van der Waals surface area contributed by atoms with Gasteiger partial charge in [0.05, 0.1) is 5.75 Å². The summed E-state index contributed by atoms with van der Waals surface area (Å²) >= 11 is 13.6. The number of carbonyl (C=O) groups excluding carboxylic acids is 1. The van der Waals surface area contributed by atoms with Crippen molar-refractivity contribution in [2.24, 2.45) is 5.92 Å². The smallest absolute Gasteiger partial charge is 0.229 e. The van der Waals surface area contributed by atoms with Crippen molar-refractivity contribution in [3.05, 3.63) is 64.1 Å². The maximum Gasteiger partial charge on any atom is 0.229 e. The van der Waals surface area contributed by atoms with Gasteiger partial charge in [0.25, 0.3) is 0 Å². The van der Waals surface area contributed by atoms with Gasteiger partial charge in [0, 0.05) is 40.2 Å². The van der Waals surface area contributed by atoms with Gasteiger partial charge in [-0.05, 0) is 25.0 Å². The predicted octanol–water partition coefficient (Wildman–Crippen LogP) is 4.69. The molecular weight excluding hydrogens is 491 g/mol. The van der Waals surface area contributed by atoms with E-state index in [1.807, 2.05) is 30.3 Å². The highest BCUT2D eigenvalue weighted by Gasteiger charge is 2.32. The highest BCUT2D eigenvalue weighted by Crippen LogP contribution is 2.30. The zero-order chi connectivity index (χ0) is 22.7. The van der Waals surface area contributed by atoms with Crippen molar-refractivity contribution in [3.63, 3.8) is 0 Å². The van der Waals surface area contributed by atoms with Crippen molar-refractivity contribution in [1.29, 1.82) is 0 Å². The average Bonchev–Trinajstić information content (AvgIpc) is 3.25. The van der Waals surface area contributed by atoms with Crippen LogP contribution in [0.5, 0.6) is 0 Å². The number of hydrogen-bond acceptors (Lipinski definition) is 6. The van der Waals surface area contributed by atoms with Crippen molar-refractivity contribution in [1.82, 2.24) is 14.5 Å². The number of nitrogens with one attached hydrogen (secondary N) is 1. The van der Waals surface area contributed by atoms with E-state index in [1.165, 1.54) is 15.6 Å². The fourth-order valence-electron chi connectivity index (χ4n) is 3.52. The summed E-state index contributed by atoms with van der Waals surface area (Å²) in [7, 11) is -3.60. The van der Waals surface area contributed by atoms with Crippen LogP contribution in [-0.2, 0) is 20.6 Å². The largest absolute Gasteiger partial charge is 0.300 e. The van der Waals surface area contributed by atoms with Gasteiger partial charge in [0.15, 0.2) is 0 Å². The van der Waals surface area contributed by atoms with Crippen molar-refractivity contribution < 1.29 is 13.2 Å². The van der Waals surface area contributed by atoms with Crippen LogP contribution in [0.25, 0.3) is 10.6 Å². The monoisotopic (exact) mass is 510 g/mol. The van der Waals surface area contributed by atoms with Crippen molar-refractivity contribution in [2.75, 3.05) is 18.4 Å².